The maximum Gasteiger partial charge on any atom is 0.414 e. The van der Waals surface area contributed by atoms with Gasteiger partial charge in [0.2, 0.25) is 5.91 Å². The zero-order valence-electron chi connectivity index (χ0n) is 22.1. The molecule has 1 N–H and O–H groups in total. The SMILES string of the molecule is CC(C)(C)[Si](C)(C)OCc1ccc(C2CC(=O)N(C(=O)O)C2CO[Si](C)(C)C(C)(C)C)cc1. The van der Waals surface area contributed by atoms with Crippen molar-refractivity contribution in [2.24, 2.45) is 0 Å². The summed E-state index contributed by atoms with van der Waals surface area (Å²) in [5.41, 5.74) is 2.05. The van der Waals surface area contributed by atoms with Crippen molar-refractivity contribution >= 4 is 28.6 Å². The lowest BCUT2D eigenvalue weighted by atomic mass is 9.91. The zero-order chi connectivity index (χ0) is 25.4. The predicted molar refractivity (Wildman–Crippen MR) is 138 cm³/mol. The molecule has 1 aliphatic rings. The number of nitrogens with zero attached hydrogens (tertiary/aromatic N) is 1. The molecular weight excluding hydrogens is 450 g/mol. The smallest absolute Gasteiger partial charge is 0.414 e. The molecule has 2 atom stereocenters. The van der Waals surface area contributed by atoms with Crippen LogP contribution in [0.5, 0.6) is 0 Å². The van der Waals surface area contributed by atoms with E-state index >= 15 is 0 Å². The molecule has 0 spiro atoms. The minimum absolute atomic E-state index is 0.00492. The van der Waals surface area contributed by atoms with E-state index in [4.69, 9.17) is 8.85 Å². The molecule has 0 aliphatic carbocycles. The number of carbonyl (C=O) groups excluding carboxylic acids is 1. The molecule has 1 fully saturated rings. The molecular formula is C25H43NO5Si2. The van der Waals surface area contributed by atoms with Gasteiger partial charge in [-0.25, -0.2) is 9.69 Å². The number of amides is 2. The number of benzene rings is 1. The van der Waals surface area contributed by atoms with Crippen molar-refractivity contribution in [3.63, 3.8) is 0 Å². The van der Waals surface area contributed by atoms with Gasteiger partial charge in [0.15, 0.2) is 16.6 Å². The first-order valence-corrected chi connectivity index (χ1v) is 17.6. The van der Waals surface area contributed by atoms with Crippen molar-refractivity contribution in [2.45, 2.75) is 103 Å². The average molecular weight is 494 g/mol. The number of hydrogen-bond acceptors (Lipinski definition) is 4. The Hall–Kier alpha value is -1.49. The number of likely N-dealkylation sites (tertiary alicyclic amines) is 1. The second-order valence-corrected chi connectivity index (χ2v) is 21.9. The van der Waals surface area contributed by atoms with Crippen LogP contribution in [0, 0.1) is 0 Å². The van der Waals surface area contributed by atoms with E-state index in [9.17, 15) is 14.7 Å². The average Bonchev–Trinajstić information content (AvgIpc) is 3.00. The van der Waals surface area contributed by atoms with Gasteiger partial charge in [0.1, 0.15) is 0 Å². The normalized spacial score (nSPS) is 20.4. The lowest BCUT2D eigenvalue weighted by Gasteiger charge is -2.38. The highest BCUT2D eigenvalue weighted by Crippen LogP contribution is 2.40. The molecule has 0 aromatic heterocycles. The molecule has 8 heteroatoms. The van der Waals surface area contributed by atoms with Gasteiger partial charge < -0.3 is 14.0 Å². The van der Waals surface area contributed by atoms with E-state index in [1.807, 2.05) is 24.3 Å². The van der Waals surface area contributed by atoms with Crippen molar-refractivity contribution < 1.29 is 23.5 Å². The first-order chi connectivity index (χ1) is 14.9. The summed E-state index contributed by atoms with van der Waals surface area (Å²) >= 11 is 0. The van der Waals surface area contributed by atoms with Crippen LogP contribution < -0.4 is 0 Å². The highest BCUT2D eigenvalue weighted by atomic mass is 28.4. The topological polar surface area (TPSA) is 76.1 Å². The molecule has 0 saturated carbocycles. The van der Waals surface area contributed by atoms with Gasteiger partial charge in [-0.3, -0.25) is 4.79 Å². The first kappa shape index (κ1) is 27.8. The van der Waals surface area contributed by atoms with Crippen LogP contribution in [-0.2, 0) is 20.3 Å². The maximum atomic E-state index is 12.6. The largest absolute Gasteiger partial charge is 0.465 e. The Bertz CT molecular complexity index is 853. The molecule has 33 heavy (non-hydrogen) atoms. The molecule has 1 saturated heterocycles. The number of carbonyl (C=O) groups is 2. The van der Waals surface area contributed by atoms with E-state index in [1.54, 1.807) is 0 Å². The standard InChI is InChI=1S/C25H43NO5Si2/c1-24(2,3)32(7,8)30-16-18-11-13-19(14-12-18)20-15-22(27)26(23(28)29)21(20)17-31-33(9,10)25(4,5)6/h11-14,20-21H,15-17H2,1-10H3,(H,28,29). The van der Waals surface area contributed by atoms with Gasteiger partial charge in [0.25, 0.3) is 0 Å². The molecule has 1 aromatic carbocycles. The zero-order valence-corrected chi connectivity index (χ0v) is 24.1. The molecule has 186 valence electrons. The van der Waals surface area contributed by atoms with E-state index in [1.165, 1.54) is 0 Å². The van der Waals surface area contributed by atoms with Gasteiger partial charge in [0.05, 0.1) is 19.3 Å². The van der Waals surface area contributed by atoms with Crippen LogP contribution in [0.15, 0.2) is 24.3 Å². The van der Waals surface area contributed by atoms with Gasteiger partial charge in [-0.2, -0.15) is 0 Å². The Morgan fingerprint density at radius 3 is 1.91 bits per heavy atom. The fraction of sp³-hybridized carbons (Fsp3) is 0.680. The molecule has 2 amide bonds. The number of rotatable bonds is 7. The van der Waals surface area contributed by atoms with Gasteiger partial charge in [-0.15, -0.1) is 0 Å². The molecule has 2 unspecified atom stereocenters. The molecule has 6 nitrogen and oxygen atoms in total. The van der Waals surface area contributed by atoms with E-state index in [-0.39, 0.29) is 34.9 Å². The minimum Gasteiger partial charge on any atom is -0.465 e. The summed E-state index contributed by atoms with van der Waals surface area (Å²) in [6.45, 7) is 22.6. The van der Waals surface area contributed by atoms with E-state index in [2.05, 4.69) is 67.7 Å². The third-order valence-corrected chi connectivity index (χ3v) is 16.9. The van der Waals surface area contributed by atoms with E-state index in [0.717, 1.165) is 16.0 Å². The van der Waals surface area contributed by atoms with Crippen LogP contribution in [0.3, 0.4) is 0 Å². The fourth-order valence-electron chi connectivity index (χ4n) is 3.42. The summed E-state index contributed by atoms with van der Waals surface area (Å²) in [6.07, 6.45) is -1.02. The van der Waals surface area contributed by atoms with Crippen LogP contribution in [0.25, 0.3) is 0 Å². The van der Waals surface area contributed by atoms with Crippen LogP contribution in [0.2, 0.25) is 36.3 Å². The Morgan fingerprint density at radius 2 is 1.45 bits per heavy atom. The van der Waals surface area contributed by atoms with Crippen molar-refractivity contribution in [1.82, 2.24) is 4.90 Å². The molecule has 1 heterocycles. The summed E-state index contributed by atoms with van der Waals surface area (Å²) in [6, 6.07) is 7.56. The lowest BCUT2D eigenvalue weighted by Crippen LogP contribution is -2.47. The van der Waals surface area contributed by atoms with Crippen molar-refractivity contribution in [3.05, 3.63) is 35.4 Å². The third-order valence-electron chi connectivity index (χ3n) is 7.90. The quantitative estimate of drug-likeness (QED) is 0.433. The molecule has 1 aromatic rings. The predicted octanol–water partition coefficient (Wildman–Crippen LogP) is 6.59. The van der Waals surface area contributed by atoms with Crippen LogP contribution in [-0.4, -0.2) is 51.3 Å². The summed E-state index contributed by atoms with van der Waals surface area (Å²) in [7, 11) is -3.93. The summed E-state index contributed by atoms with van der Waals surface area (Å²) in [5, 5.41) is 9.86. The molecule has 2 rings (SSSR count). The second-order valence-electron chi connectivity index (χ2n) is 12.3. The number of carboxylic acid groups (broad SMARTS) is 1. The number of imide groups is 1. The first-order valence-electron chi connectivity index (χ1n) is 11.8. The Morgan fingerprint density at radius 1 is 0.970 bits per heavy atom. The molecule has 0 bridgehead atoms. The van der Waals surface area contributed by atoms with Crippen molar-refractivity contribution in [3.8, 4) is 0 Å². The van der Waals surface area contributed by atoms with Crippen LogP contribution >= 0.6 is 0 Å². The molecule has 0 radical (unpaired) electrons. The Labute approximate surface area is 201 Å². The summed E-state index contributed by atoms with van der Waals surface area (Å²) < 4.78 is 12.7. The monoisotopic (exact) mass is 493 g/mol. The van der Waals surface area contributed by atoms with Crippen molar-refractivity contribution in [1.29, 1.82) is 0 Å². The lowest BCUT2D eigenvalue weighted by molar-refractivity contribution is -0.127. The van der Waals surface area contributed by atoms with E-state index in [0.29, 0.717) is 6.61 Å². The third kappa shape index (κ3) is 6.35. The number of hydrogen-bond donors (Lipinski definition) is 1. The highest BCUT2D eigenvalue weighted by Gasteiger charge is 2.46. The van der Waals surface area contributed by atoms with Gasteiger partial charge in [-0.1, -0.05) is 65.8 Å². The van der Waals surface area contributed by atoms with Gasteiger partial charge >= 0.3 is 6.09 Å². The fourth-order valence-corrected chi connectivity index (χ4v) is 5.40. The van der Waals surface area contributed by atoms with Crippen LogP contribution in [0.1, 0.15) is 65.0 Å². The summed E-state index contributed by atoms with van der Waals surface area (Å²) in [4.78, 5) is 25.5. The minimum atomic E-state index is -2.09. The molecule has 1 aliphatic heterocycles. The summed E-state index contributed by atoms with van der Waals surface area (Å²) in [5.74, 6) is -0.574. The van der Waals surface area contributed by atoms with Crippen molar-refractivity contribution in [2.75, 3.05) is 6.61 Å². The Kier molecular flexibility index (Phi) is 8.11. The Balaban J connectivity index is 2.20. The highest BCUT2D eigenvalue weighted by molar-refractivity contribution is 6.74. The second kappa shape index (κ2) is 9.64. The van der Waals surface area contributed by atoms with E-state index < -0.39 is 28.8 Å². The maximum absolute atomic E-state index is 12.6. The van der Waals surface area contributed by atoms with Gasteiger partial charge in [-0.05, 0) is 47.4 Å². The van der Waals surface area contributed by atoms with Gasteiger partial charge in [0, 0.05) is 12.3 Å². The van der Waals surface area contributed by atoms with Crippen LogP contribution in [0.4, 0.5) is 4.79 Å².